The Morgan fingerprint density at radius 1 is 0.897 bits per heavy atom. The average molecular weight is 496 g/mol. The Labute approximate surface area is 189 Å². The summed E-state index contributed by atoms with van der Waals surface area (Å²) in [6.45, 7) is 1.34. The lowest BCUT2D eigenvalue weighted by Gasteiger charge is -2.20. The topological polar surface area (TPSA) is 60.2 Å². The number of aliphatic imine (C=N–C) groups is 1. The second-order valence-electron chi connectivity index (χ2n) is 6.49. The maximum Gasteiger partial charge on any atom is 0.191 e. The fourth-order valence-electron chi connectivity index (χ4n) is 3.15. The molecule has 0 saturated carbocycles. The van der Waals surface area contributed by atoms with Crippen LogP contribution in [0.3, 0.4) is 0 Å². The van der Waals surface area contributed by atoms with Crippen LogP contribution in [0.2, 0.25) is 0 Å². The number of hydrogen-bond donors (Lipinski definition) is 2. The summed E-state index contributed by atoms with van der Waals surface area (Å²) in [5.74, 6) is 0.960. The van der Waals surface area contributed by atoms with E-state index in [1.807, 2.05) is 30.3 Å². The van der Waals surface area contributed by atoms with Gasteiger partial charge in [0.05, 0.1) is 11.6 Å². The first-order valence-electron chi connectivity index (χ1n) is 9.33. The second kappa shape index (κ2) is 11.9. The molecule has 0 saturated heterocycles. The molecule has 3 rings (SSSR count). The summed E-state index contributed by atoms with van der Waals surface area (Å²) in [4.78, 5) is 4.33. The summed E-state index contributed by atoms with van der Waals surface area (Å²) in [6, 6.07) is 30.7. The molecule has 0 heterocycles. The minimum atomic E-state index is 0. The second-order valence-corrected chi connectivity index (χ2v) is 6.49. The van der Waals surface area contributed by atoms with Gasteiger partial charge in [0.2, 0.25) is 0 Å². The van der Waals surface area contributed by atoms with Gasteiger partial charge in [0, 0.05) is 26.1 Å². The van der Waals surface area contributed by atoms with E-state index in [-0.39, 0.29) is 29.9 Å². The summed E-state index contributed by atoms with van der Waals surface area (Å²) in [6.07, 6.45) is 0. The molecule has 3 aromatic rings. The molecule has 0 bridgehead atoms. The predicted octanol–water partition coefficient (Wildman–Crippen LogP) is 4.67. The third-order valence-corrected chi connectivity index (χ3v) is 4.62. The van der Waals surface area contributed by atoms with Crippen LogP contribution < -0.4 is 10.6 Å². The SMILES string of the molecule is CN=C(NCc1cccc(C#N)c1)NCC(c1ccccc1)c1ccccc1.I. The molecule has 3 aromatic carbocycles. The fraction of sp³-hybridized carbons (Fsp3) is 0.167. The van der Waals surface area contributed by atoms with Crippen LogP contribution >= 0.6 is 24.0 Å². The molecule has 0 aliphatic rings. The molecule has 0 fully saturated rings. The van der Waals surface area contributed by atoms with Crippen LogP contribution in [0.5, 0.6) is 0 Å². The van der Waals surface area contributed by atoms with E-state index in [9.17, 15) is 0 Å². The van der Waals surface area contributed by atoms with Gasteiger partial charge in [-0.15, -0.1) is 24.0 Å². The molecular formula is C24H25IN4. The Morgan fingerprint density at radius 2 is 1.52 bits per heavy atom. The summed E-state index contributed by atoms with van der Waals surface area (Å²) in [5.41, 5.74) is 4.23. The van der Waals surface area contributed by atoms with Gasteiger partial charge in [-0.05, 0) is 28.8 Å². The van der Waals surface area contributed by atoms with Crippen molar-refractivity contribution >= 4 is 29.9 Å². The van der Waals surface area contributed by atoms with Gasteiger partial charge in [0.15, 0.2) is 5.96 Å². The van der Waals surface area contributed by atoms with Crippen LogP contribution in [0.15, 0.2) is 89.9 Å². The highest BCUT2D eigenvalue weighted by Crippen LogP contribution is 2.23. The van der Waals surface area contributed by atoms with Crippen LogP contribution in [0.1, 0.15) is 28.2 Å². The molecule has 0 aliphatic carbocycles. The molecular weight excluding hydrogens is 471 g/mol. The van der Waals surface area contributed by atoms with Crippen molar-refractivity contribution in [2.24, 2.45) is 4.99 Å². The first-order chi connectivity index (χ1) is 13.8. The monoisotopic (exact) mass is 496 g/mol. The van der Waals surface area contributed by atoms with Gasteiger partial charge in [0.1, 0.15) is 0 Å². The van der Waals surface area contributed by atoms with Gasteiger partial charge in [-0.2, -0.15) is 5.26 Å². The van der Waals surface area contributed by atoms with E-state index < -0.39 is 0 Å². The number of benzene rings is 3. The van der Waals surface area contributed by atoms with Crippen LogP contribution in [-0.2, 0) is 6.54 Å². The normalized spacial score (nSPS) is 10.7. The van der Waals surface area contributed by atoms with Crippen LogP contribution in [-0.4, -0.2) is 19.6 Å². The Bertz CT molecular complexity index is 910. The number of nitriles is 1. The highest BCUT2D eigenvalue weighted by atomic mass is 127. The van der Waals surface area contributed by atoms with Crippen molar-refractivity contribution in [2.75, 3.05) is 13.6 Å². The molecule has 0 atom stereocenters. The maximum absolute atomic E-state index is 9.04. The Morgan fingerprint density at radius 3 is 2.07 bits per heavy atom. The molecule has 0 aliphatic heterocycles. The summed E-state index contributed by atoms with van der Waals surface area (Å²) < 4.78 is 0. The van der Waals surface area contributed by atoms with Crippen molar-refractivity contribution in [1.82, 2.24) is 10.6 Å². The van der Waals surface area contributed by atoms with Crippen molar-refractivity contribution in [1.29, 1.82) is 5.26 Å². The zero-order valence-corrected chi connectivity index (χ0v) is 18.7. The highest BCUT2D eigenvalue weighted by molar-refractivity contribution is 14.0. The fourth-order valence-corrected chi connectivity index (χ4v) is 3.15. The van der Waals surface area contributed by atoms with E-state index in [2.05, 4.69) is 70.2 Å². The van der Waals surface area contributed by atoms with Gasteiger partial charge < -0.3 is 10.6 Å². The molecule has 0 aromatic heterocycles. The van der Waals surface area contributed by atoms with Crippen molar-refractivity contribution in [3.05, 3.63) is 107 Å². The predicted molar refractivity (Wildman–Crippen MR) is 130 cm³/mol. The van der Waals surface area contributed by atoms with E-state index in [0.29, 0.717) is 12.1 Å². The van der Waals surface area contributed by atoms with E-state index in [4.69, 9.17) is 5.26 Å². The largest absolute Gasteiger partial charge is 0.355 e. The molecule has 0 amide bonds. The minimum absolute atomic E-state index is 0. The number of guanidine groups is 1. The highest BCUT2D eigenvalue weighted by Gasteiger charge is 2.14. The number of nitrogens with zero attached hydrogens (tertiary/aromatic N) is 2. The quantitative estimate of drug-likeness (QED) is 0.296. The zero-order valence-electron chi connectivity index (χ0n) is 16.4. The maximum atomic E-state index is 9.04. The third-order valence-electron chi connectivity index (χ3n) is 4.62. The molecule has 0 spiro atoms. The van der Waals surface area contributed by atoms with Gasteiger partial charge in [-0.1, -0.05) is 72.8 Å². The standard InChI is InChI=1S/C24H24N4.HI/c1-26-24(27-17-20-10-8-9-19(15-20)16-25)28-18-23(21-11-4-2-5-12-21)22-13-6-3-7-14-22;/h2-15,23H,17-18H2,1H3,(H2,26,27,28);1H. The first-order valence-corrected chi connectivity index (χ1v) is 9.33. The lowest BCUT2D eigenvalue weighted by molar-refractivity contribution is 0.728. The number of halogens is 1. The van der Waals surface area contributed by atoms with Gasteiger partial charge >= 0.3 is 0 Å². The van der Waals surface area contributed by atoms with E-state index in [0.717, 1.165) is 18.1 Å². The molecule has 29 heavy (non-hydrogen) atoms. The Kier molecular flexibility index (Phi) is 9.19. The molecule has 5 heteroatoms. The smallest absolute Gasteiger partial charge is 0.191 e. The molecule has 0 radical (unpaired) electrons. The average Bonchev–Trinajstić information content (AvgIpc) is 2.77. The summed E-state index contributed by atoms with van der Waals surface area (Å²) in [5, 5.41) is 15.8. The molecule has 0 unspecified atom stereocenters. The van der Waals surface area contributed by atoms with Gasteiger partial charge in [-0.25, -0.2) is 0 Å². The Hall–Kier alpha value is -2.85. The van der Waals surface area contributed by atoms with Crippen LogP contribution in [0.4, 0.5) is 0 Å². The zero-order chi connectivity index (χ0) is 19.6. The Balaban J connectivity index is 0.00000300. The van der Waals surface area contributed by atoms with E-state index in [1.54, 1.807) is 13.1 Å². The van der Waals surface area contributed by atoms with Gasteiger partial charge in [-0.3, -0.25) is 4.99 Å². The number of rotatable bonds is 6. The van der Waals surface area contributed by atoms with E-state index >= 15 is 0 Å². The third kappa shape index (κ3) is 6.61. The van der Waals surface area contributed by atoms with Gasteiger partial charge in [0.25, 0.3) is 0 Å². The minimum Gasteiger partial charge on any atom is -0.355 e. The summed E-state index contributed by atoms with van der Waals surface area (Å²) in [7, 11) is 1.76. The van der Waals surface area contributed by atoms with Crippen molar-refractivity contribution in [3.63, 3.8) is 0 Å². The van der Waals surface area contributed by atoms with Crippen molar-refractivity contribution in [2.45, 2.75) is 12.5 Å². The molecule has 2 N–H and O–H groups in total. The van der Waals surface area contributed by atoms with Crippen LogP contribution in [0.25, 0.3) is 0 Å². The molecule has 148 valence electrons. The van der Waals surface area contributed by atoms with Crippen molar-refractivity contribution < 1.29 is 0 Å². The van der Waals surface area contributed by atoms with Crippen LogP contribution in [0, 0.1) is 11.3 Å². The lowest BCUT2D eigenvalue weighted by Crippen LogP contribution is -2.39. The molecule has 4 nitrogen and oxygen atoms in total. The summed E-state index contributed by atoms with van der Waals surface area (Å²) >= 11 is 0. The van der Waals surface area contributed by atoms with Crippen molar-refractivity contribution in [3.8, 4) is 6.07 Å². The lowest BCUT2D eigenvalue weighted by atomic mass is 9.91. The van der Waals surface area contributed by atoms with E-state index in [1.165, 1.54) is 11.1 Å². The first kappa shape index (κ1) is 22.4. The number of hydrogen-bond acceptors (Lipinski definition) is 2. The number of nitrogens with one attached hydrogen (secondary N) is 2.